The van der Waals surface area contributed by atoms with Crippen molar-refractivity contribution in [2.24, 2.45) is 0 Å². The maximum atomic E-state index is 12.4. The Morgan fingerprint density at radius 1 is 1.08 bits per heavy atom. The standard InChI is InChI=1S/C20H24N2O3/c1-24-18-11-17(12-19(13-18)25-2)20(23)21-8-10-22-9-7-15-5-3-4-6-16(15)14-22/h3-6,11-13H,7-10,14H2,1-2H3,(H,21,23). The average Bonchev–Trinajstić information content (AvgIpc) is 2.67. The molecule has 0 bridgehead atoms. The SMILES string of the molecule is COc1cc(OC)cc(C(=O)NCCN2CCc3ccccc3C2)c1. The molecule has 1 N–H and O–H groups in total. The van der Waals surface area contributed by atoms with Crippen molar-refractivity contribution >= 4 is 5.91 Å². The highest BCUT2D eigenvalue weighted by molar-refractivity contribution is 5.95. The van der Waals surface area contributed by atoms with Crippen molar-refractivity contribution < 1.29 is 14.3 Å². The minimum absolute atomic E-state index is 0.116. The van der Waals surface area contributed by atoms with Crippen molar-refractivity contribution in [2.45, 2.75) is 13.0 Å². The lowest BCUT2D eigenvalue weighted by molar-refractivity contribution is 0.0946. The smallest absolute Gasteiger partial charge is 0.251 e. The van der Waals surface area contributed by atoms with Crippen LogP contribution in [0.5, 0.6) is 11.5 Å². The van der Waals surface area contributed by atoms with Gasteiger partial charge in [-0.05, 0) is 29.7 Å². The molecule has 0 saturated heterocycles. The number of carbonyl (C=O) groups is 1. The van der Waals surface area contributed by atoms with Gasteiger partial charge in [-0.1, -0.05) is 24.3 Å². The Hall–Kier alpha value is -2.53. The Balaban J connectivity index is 1.53. The van der Waals surface area contributed by atoms with E-state index < -0.39 is 0 Å². The lowest BCUT2D eigenvalue weighted by atomic mass is 10.00. The molecular weight excluding hydrogens is 316 g/mol. The molecule has 0 aliphatic carbocycles. The van der Waals surface area contributed by atoms with E-state index in [0.717, 1.165) is 26.1 Å². The fraction of sp³-hybridized carbons (Fsp3) is 0.350. The predicted molar refractivity (Wildman–Crippen MR) is 97.3 cm³/mol. The van der Waals surface area contributed by atoms with Crippen LogP contribution in [-0.2, 0) is 13.0 Å². The molecule has 2 aromatic rings. The third-order valence-electron chi connectivity index (χ3n) is 4.54. The summed E-state index contributed by atoms with van der Waals surface area (Å²) in [4.78, 5) is 14.8. The van der Waals surface area contributed by atoms with E-state index in [-0.39, 0.29) is 5.91 Å². The number of ether oxygens (including phenoxy) is 2. The quantitative estimate of drug-likeness (QED) is 0.878. The van der Waals surface area contributed by atoms with Gasteiger partial charge in [0.15, 0.2) is 0 Å². The van der Waals surface area contributed by atoms with Crippen LogP contribution in [0.4, 0.5) is 0 Å². The van der Waals surface area contributed by atoms with E-state index in [4.69, 9.17) is 9.47 Å². The Morgan fingerprint density at radius 3 is 2.44 bits per heavy atom. The van der Waals surface area contributed by atoms with Crippen molar-refractivity contribution in [1.82, 2.24) is 10.2 Å². The molecule has 0 fully saturated rings. The van der Waals surface area contributed by atoms with Crippen LogP contribution in [0.3, 0.4) is 0 Å². The summed E-state index contributed by atoms with van der Waals surface area (Å²) in [5.74, 6) is 1.10. The van der Waals surface area contributed by atoms with Gasteiger partial charge in [-0.25, -0.2) is 0 Å². The number of nitrogens with one attached hydrogen (secondary N) is 1. The van der Waals surface area contributed by atoms with E-state index in [2.05, 4.69) is 34.5 Å². The average molecular weight is 340 g/mol. The van der Waals surface area contributed by atoms with Crippen molar-refractivity contribution in [2.75, 3.05) is 33.9 Å². The predicted octanol–water partition coefficient (Wildman–Crippen LogP) is 2.49. The van der Waals surface area contributed by atoms with Crippen LogP contribution < -0.4 is 14.8 Å². The zero-order chi connectivity index (χ0) is 17.6. The summed E-state index contributed by atoms with van der Waals surface area (Å²) >= 11 is 0. The summed E-state index contributed by atoms with van der Waals surface area (Å²) in [5.41, 5.74) is 3.36. The Bertz CT molecular complexity index is 723. The number of benzene rings is 2. The number of methoxy groups -OCH3 is 2. The van der Waals surface area contributed by atoms with Gasteiger partial charge in [0.2, 0.25) is 0 Å². The van der Waals surface area contributed by atoms with Crippen LogP contribution in [0.2, 0.25) is 0 Å². The largest absolute Gasteiger partial charge is 0.497 e. The maximum Gasteiger partial charge on any atom is 0.251 e. The van der Waals surface area contributed by atoms with E-state index in [1.165, 1.54) is 11.1 Å². The topological polar surface area (TPSA) is 50.8 Å². The first kappa shape index (κ1) is 17.3. The van der Waals surface area contributed by atoms with Crippen LogP contribution in [0.25, 0.3) is 0 Å². The zero-order valence-corrected chi connectivity index (χ0v) is 14.7. The molecule has 5 nitrogen and oxygen atoms in total. The summed E-state index contributed by atoms with van der Waals surface area (Å²) in [7, 11) is 3.15. The highest BCUT2D eigenvalue weighted by Gasteiger charge is 2.16. The van der Waals surface area contributed by atoms with Gasteiger partial charge in [0.05, 0.1) is 14.2 Å². The second-order valence-electron chi connectivity index (χ2n) is 6.15. The maximum absolute atomic E-state index is 12.4. The molecule has 0 radical (unpaired) electrons. The molecule has 132 valence electrons. The molecule has 0 aromatic heterocycles. The van der Waals surface area contributed by atoms with Crippen LogP contribution in [0, 0.1) is 0 Å². The monoisotopic (exact) mass is 340 g/mol. The number of hydrogen-bond donors (Lipinski definition) is 1. The second-order valence-corrected chi connectivity index (χ2v) is 6.15. The molecule has 3 rings (SSSR count). The first-order valence-electron chi connectivity index (χ1n) is 8.50. The van der Waals surface area contributed by atoms with Gasteiger partial charge < -0.3 is 14.8 Å². The fourth-order valence-electron chi connectivity index (χ4n) is 3.11. The van der Waals surface area contributed by atoms with Gasteiger partial charge in [-0.2, -0.15) is 0 Å². The van der Waals surface area contributed by atoms with Crippen LogP contribution in [-0.4, -0.2) is 44.7 Å². The third-order valence-corrected chi connectivity index (χ3v) is 4.54. The van der Waals surface area contributed by atoms with E-state index in [1.54, 1.807) is 32.4 Å². The summed E-state index contributed by atoms with van der Waals surface area (Å²) in [6.07, 6.45) is 1.07. The van der Waals surface area contributed by atoms with Crippen molar-refractivity contribution in [3.8, 4) is 11.5 Å². The number of carbonyl (C=O) groups excluding carboxylic acids is 1. The van der Waals surface area contributed by atoms with E-state index >= 15 is 0 Å². The minimum Gasteiger partial charge on any atom is -0.497 e. The number of amides is 1. The van der Waals surface area contributed by atoms with Gasteiger partial charge in [0.25, 0.3) is 5.91 Å². The number of nitrogens with zero attached hydrogens (tertiary/aromatic N) is 1. The fourth-order valence-corrected chi connectivity index (χ4v) is 3.11. The first-order valence-corrected chi connectivity index (χ1v) is 8.50. The second kappa shape index (κ2) is 8.03. The minimum atomic E-state index is -0.116. The first-order chi connectivity index (χ1) is 12.2. The number of rotatable bonds is 6. The number of fused-ring (bicyclic) bond motifs is 1. The van der Waals surface area contributed by atoms with Crippen LogP contribution in [0.1, 0.15) is 21.5 Å². The Kier molecular flexibility index (Phi) is 5.56. The number of hydrogen-bond acceptors (Lipinski definition) is 4. The van der Waals surface area contributed by atoms with Crippen molar-refractivity contribution in [3.63, 3.8) is 0 Å². The van der Waals surface area contributed by atoms with E-state index in [9.17, 15) is 4.79 Å². The van der Waals surface area contributed by atoms with Gasteiger partial charge in [0.1, 0.15) is 11.5 Å². The van der Waals surface area contributed by atoms with Crippen molar-refractivity contribution in [3.05, 3.63) is 59.2 Å². The molecule has 5 heteroatoms. The molecule has 0 saturated carbocycles. The van der Waals surface area contributed by atoms with Gasteiger partial charge >= 0.3 is 0 Å². The molecule has 1 aliphatic rings. The van der Waals surface area contributed by atoms with Crippen molar-refractivity contribution in [1.29, 1.82) is 0 Å². The highest BCUT2D eigenvalue weighted by atomic mass is 16.5. The van der Waals surface area contributed by atoms with Crippen LogP contribution >= 0.6 is 0 Å². The molecule has 1 amide bonds. The molecule has 2 aromatic carbocycles. The van der Waals surface area contributed by atoms with Gasteiger partial charge in [-0.3, -0.25) is 9.69 Å². The summed E-state index contributed by atoms with van der Waals surface area (Å²) in [5, 5.41) is 2.98. The van der Waals surface area contributed by atoms with Crippen LogP contribution in [0.15, 0.2) is 42.5 Å². The summed E-state index contributed by atoms with van der Waals surface area (Å²) < 4.78 is 10.4. The lowest BCUT2D eigenvalue weighted by Crippen LogP contribution is -2.37. The molecular formula is C20H24N2O3. The molecule has 1 aliphatic heterocycles. The van der Waals surface area contributed by atoms with E-state index in [1.807, 2.05) is 0 Å². The summed E-state index contributed by atoms with van der Waals surface area (Å²) in [6, 6.07) is 13.7. The lowest BCUT2D eigenvalue weighted by Gasteiger charge is -2.28. The Labute approximate surface area is 148 Å². The van der Waals surface area contributed by atoms with Gasteiger partial charge in [0, 0.05) is 37.8 Å². The molecule has 1 heterocycles. The third kappa shape index (κ3) is 4.31. The summed E-state index contributed by atoms with van der Waals surface area (Å²) in [6.45, 7) is 3.42. The zero-order valence-electron chi connectivity index (χ0n) is 14.7. The van der Waals surface area contributed by atoms with Gasteiger partial charge in [-0.15, -0.1) is 0 Å². The molecule has 0 unspecified atom stereocenters. The Morgan fingerprint density at radius 2 is 1.76 bits per heavy atom. The van der Waals surface area contributed by atoms with E-state index in [0.29, 0.717) is 23.6 Å². The molecule has 0 spiro atoms. The molecule has 0 atom stereocenters. The normalized spacial score (nSPS) is 13.8. The highest BCUT2D eigenvalue weighted by Crippen LogP contribution is 2.22. The molecule has 25 heavy (non-hydrogen) atoms.